The highest BCUT2D eigenvalue weighted by Gasteiger charge is 2.34. The molecule has 0 saturated carbocycles. The predicted octanol–water partition coefficient (Wildman–Crippen LogP) is 4.11. The summed E-state index contributed by atoms with van der Waals surface area (Å²) in [6.07, 6.45) is 1.19. The van der Waals surface area contributed by atoms with Crippen molar-refractivity contribution in [2.24, 2.45) is 5.10 Å². The van der Waals surface area contributed by atoms with Crippen LogP contribution in [0.15, 0.2) is 65.1 Å². The Morgan fingerprint density at radius 3 is 2.50 bits per heavy atom. The predicted molar refractivity (Wildman–Crippen MR) is 127 cm³/mol. The maximum absolute atomic E-state index is 13.1. The first kappa shape index (κ1) is 23.2. The van der Waals surface area contributed by atoms with Gasteiger partial charge in [-0.15, -0.1) is 11.3 Å². The number of thiophene rings is 1. The summed E-state index contributed by atoms with van der Waals surface area (Å²) in [5, 5.41) is 7.88. The van der Waals surface area contributed by atoms with E-state index in [2.05, 4.69) is 5.10 Å². The normalized spacial score (nSPS) is 14.9. The number of hydrogen-bond donors (Lipinski definition) is 0. The van der Waals surface area contributed by atoms with E-state index in [9.17, 15) is 14.4 Å². The molecule has 0 saturated heterocycles. The largest absolute Gasteiger partial charge is 0.493 e. The Labute approximate surface area is 200 Å². The van der Waals surface area contributed by atoms with Gasteiger partial charge in [-0.05, 0) is 41.3 Å². The molecule has 34 heavy (non-hydrogen) atoms. The number of methoxy groups -OCH3 is 2. The Morgan fingerprint density at radius 2 is 1.85 bits per heavy atom. The smallest absolute Gasteiger partial charge is 0.338 e. The highest BCUT2D eigenvalue weighted by molar-refractivity contribution is 7.12. The zero-order valence-corrected chi connectivity index (χ0v) is 19.4. The molecule has 0 aliphatic carbocycles. The van der Waals surface area contributed by atoms with E-state index >= 15 is 0 Å². The molecular formula is C25H22N2O6S. The van der Waals surface area contributed by atoms with E-state index in [4.69, 9.17) is 14.2 Å². The van der Waals surface area contributed by atoms with Crippen LogP contribution in [-0.2, 0) is 9.53 Å². The number of esters is 1. The lowest BCUT2D eigenvalue weighted by molar-refractivity contribution is -0.136. The number of nitrogens with zero attached hydrogens (tertiary/aromatic N) is 2. The van der Waals surface area contributed by atoms with Gasteiger partial charge in [-0.2, -0.15) is 5.10 Å². The lowest BCUT2D eigenvalue weighted by atomic mass is 10.0. The molecule has 0 N–H and O–H groups in total. The van der Waals surface area contributed by atoms with Gasteiger partial charge in [0.05, 0.1) is 36.4 Å². The molecule has 0 fully saturated rings. The van der Waals surface area contributed by atoms with Crippen molar-refractivity contribution < 1.29 is 28.6 Å². The zero-order valence-electron chi connectivity index (χ0n) is 18.6. The van der Waals surface area contributed by atoms with E-state index in [1.54, 1.807) is 20.3 Å². The summed E-state index contributed by atoms with van der Waals surface area (Å²) in [4.78, 5) is 37.2. The van der Waals surface area contributed by atoms with Gasteiger partial charge in [-0.1, -0.05) is 24.3 Å². The Bertz CT molecular complexity index is 1220. The van der Waals surface area contributed by atoms with Gasteiger partial charge < -0.3 is 14.2 Å². The Hall–Kier alpha value is -3.98. The average molecular weight is 479 g/mol. The monoisotopic (exact) mass is 478 g/mol. The summed E-state index contributed by atoms with van der Waals surface area (Å²) in [5.41, 5.74) is 2.29. The first-order chi connectivity index (χ1) is 16.5. The SMILES string of the molecule is COc1ccc(C2CC(c3cccs3)=NN2C(=O)COC(=O)c2ccc(C=O)cc2)cc1OC. The van der Waals surface area contributed by atoms with Crippen molar-refractivity contribution >= 4 is 35.2 Å². The second-order valence-corrected chi connectivity index (χ2v) is 8.36. The van der Waals surface area contributed by atoms with Gasteiger partial charge >= 0.3 is 5.97 Å². The van der Waals surface area contributed by atoms with E-state index in [-0.39, 0.29) is 5.56 Å². The molecule has 1 atom stereocenters. The number of carbonyl (C=O) groups is 3. The highest BCUT2D eigenvalue weighted by Crippen LogP contribution is 2.37. The second kappa shape index (κ2) is 10.3. The molecule has 1 amide bonds. The minimum atomic E-state index is -0.657. The second-order valence-electron chi connectivity index (χ2n) is 7.41. The summed E-state index contributed by atoms with van der Waals surface area (Å²) >= 11 is 1.54. The summed E-state index contributed by atoms with van der Waals surface area (Å²) in [6.45, 7) is -0.473. The molecule has 3 aromatic rings. The summed E-state index contributed by atoms with van der Waals surface area (Å²) in [7, 11) is 3.11. The van der Waals surface area contributed by atoms with E-state index in [0.29, 0.717) is 29.8 Å². The molecule has 2 heterocycles. The molecule has 8 nitrogen and oxygen atoms in total. The van der Waals surface area contributed by atoms with Gasteiger partial charge in [0.25, 0.3) is 5.91 Å². The zero-order chi connectivity index (χ0) is 24.1. The van der Waals surface area contributed by atoms with Crippen molar-refractivity contribution in [1.82, 2.24) is 5.01 Å². The maximum atomic E-state index is 13.1. The van der Waals surface area contributed by atoms with Crippen LogP contribution < -0.4 is 9.47 Å². The summed E-state index contributed by atoms with van der Waals surface area (Å²) in [5.74, 6) is 0.0116. The number of hydrazone groups is 1. The van der Waals surface area contributed by atoms with Crippen LogP contribution in [0.3, 0.4) is 0 Å². The first-order valence-corrected chi connectivity index (χ1v) is 11.3. The fourth-order valence-corrected chi connectivity index (χ4v) is 4.35. The summed E-state index contributed by atoms with van der Waals surface area (Å²) < 4.78 is 16.0. The molecule has 1 aliphatic heterocycles. The molecule has 0 spiro atoms. The van der Waals surface area contributed by atoms with Crippen LogP contribution in [0, 0.1) is 0 Å². The number of rotatable bonds is 8. The average Bonchev–Trinajstić information content (AvgIpc) is 3.57. The molecule has 9 heteroatoms. The van der Waals surface area contributed by atoms with Crippen LogP contribution in [0.1, 0.15) is 43.6 Å². The van der Waals surface area contributed by atoms with Gasteiger partial charge in [-0.3, -0.25) is 9.59 Å². The van der Waals surface area contributed by atoms with Crippen LogP contribution in [-0.4, -0.2) is 49.7 Å². The Morgan fingerprint density at radius 1 is 1.09 bits per heavy atom. The van der Waals surface area contributed by atoms with Gasteiger partial charge in [0.2, 0.25) is 0 Å². The van der Waals surface area contributed by atoms with Crippen LogP contribution in [0.25, 0.3) is 0 Å². The fourth-order valence-electron chi connectivity index (χ4n) is 3.63. The van der Waals surface area contributed by atoms with Crippen molar-refractivity contribution in [3.05, 3.63) is 81.5 Å². The van der Waals surface area contributed by atoms with Gasteiger partial charge in [0, 0.05) is 12.0 Å². The minimum absolute atomic E-state index is 0.249. The van der Waals surface area contributed by atoms with Gasteiger partial charge in [0.15, 0.2) is 18.1 Å². The third-order valence-electron chi connectivity index (χ3n) is 5.37. The Kier molecular flexibility index (Phi) is 7.03. The molecule has 1 unspecified atom stereocenters. The van der Waals surface area contributed by atoms with Gasteiger partial charge in [-0.25, -0.2) is 9.80 Å². The van der Waals surface area contributed by atoms with Crippen molar-refractivity contribution in [2.75, 3.05) is 20.8 Å². The standard InChI is InChI=1S/C25H22N2O6S/c1-31-21-10-9-18(12-22(21)32-2)20-13-19(23-4-3-11-34-23)26-27(20)24(29)15-33-25(30)17-7-5-16(14-28)6-8-17/h3-12,14,20H,13,15H2,1-2H3. The topological polar surface area (TPSA) is 94.5 Å². The van der Waals surface area contributed by atoms with Crippen molar-refractivity contribution in [3.63, 3.8) is 0 Å². The Balaban J connectivity index is 1.54. The van der Waals surface area contributed by atoms with Crippen molar-refractivity contribution in [2.45, 2.75) is 12.5 Å². The molecule has 2 aromatic carbocycles. The molecule has 0 bridgehead atoms. The number of hydrogen-bond acceptors (Lipinski definition) is 8. The first-order valence-electron chi connectivity index (χ1n) is 10.4. The molecule has 4 rings (SSSR count). The number of amides is 1. The van der Waals surface area contributed by atoms with E-state index in [1.165, 1.54) is 40.6 Å². The van der Waals surface area contributed by atoms with Crippen LogP contribution >= 0.6 is 11.3 Å². The number of ether oxygens (including phenoxy) is 3. The maximum Gasteiger partial charge on any atom is 0.338 e. The molecular weight excluding hydrogens is 456 g/mol. The number of aldehydes is 1. The van der Waals surface area contributed by atoms with Gasteiger partial charge in [0.1, 0.15) is 6.29 Å². The summed E-state index contributed by atoms with van der Waals surface area (Å²) in [6, 6.07) is 14.9. The van der Waals surface area contributed by atoms with Crippen molar-refractivity contribution in [1.29, 1.82) is 0 Å². The van der Waals surface area contributed by atoms with E-state index in [1.807, 2.05) is 29.6 Å². The van der Waals surface area contributed by atoms with Crippen LogP contribution in [0.5, 0.6) is 11.5 Å². The lowest BCUT2D eigenvalue weighted by Crippen LogP contribution is -2.31. The van der Waals surface area contributed by atoms with Crippen LogP contribution in [0.4, 0.5) is 0 Å². The minimum Gasteiger partial charge on any atom is -0.493 e. The van der Waals surface area contributed by atoms with Crippen LogP contribution in [0.2, 0.25) is 0 Å². The molecule has 1 aromatic heterocycles. The number of benzene rings is 2. The lowest BCUT2D eigenvalue weighted by Gasteiger charge is -2.22. The van der Waals surface area contributed by atoms with E-state index in [0.717, 1.165) is 16.2 Å². The van der Waals surface area contributed by atoms with E-state index < -0.39 is 24.5 Å². The number of carbonyl (C=O) groups excluding carboxylic acids is 3. The molecule has 0 radical (unpaired) electrons. The molecule has 174 valence electrons. The third kappa shape index (κ3) is 4.84. The molecule has 1 aliphatic rings. The fraction of sp³-hybridized carbons (Fsp3) is 0.200. The van der Waals surface area contributed by atoms with Crippen molar-refractivity contribution in [3.8, 4) is 11.5 Å². The highest BCUT2D eigenvalue weighted by atomic mass is 32.1. The quantitative estimate of drug-likeness (QED) is 0.357. The third-order valence-corrected chi connectivity index (χ3v) is 6.29.